The topological polar surface area (TPSA) is 96.9 Å². The highest BCUT2D eigenvalue weighted by molar-refractivity contribution is 9.10. The Bertz CT molecular complexity index is 869. The Labute approximate surface area is 146 Å². The van der Waals surface area contributed by atoms with E-state index in [-0.39, 0.29) is 11.5 Å². The SMILES string of the molecule is COc1c(Br)cc(Cl)cc1[C@H]1C(C#N)=C(N)Oc2n[nH]c(C)c21. The van der Waals surface area contributed by atoms with E-state index in [0.717, 1.165) is 11.3 Å². The van der Waals surface area contributed by atoms with Crippen LogP contribution in [0.4, 0.5) is 0 Å². The van der Waals surface area contributed by atoms with Crippen molar-refractivity contribution in [2.24, 2.45) is 5.73 Å². The van der Waals surface area contributed by atoms with Crippen LogP contribution in [0.25, 0.3) is 0 Å². The molecule has 1 aromatic carbocycles. The van der Waals surface area contributed by atoms with Crippen LogP contribution in [0.5, 0.6) is 11.6 Å². The van der Waals surface area contributed by atoms with Gasteiger partial charge in [-0.25, -0.2) is 0 Å². The van der Waals surface area contributed by atoms with Gasteiger partial charge in [-0.05, 0) is 35.0 Å². The van der Waals surface area contributed by atoms with E-state index in [4.69, 9.17) is 26.8 Å². The second kappa shape index (κ2) is 5.80. The van der Waals surface area contributed by atoms with Crippen LogP contribution in [0.2, 0.25) is 5.02 Å². The minimum absolute atomic E-state index is 0.0228. The summed E-state index contributed by atoms with van der Waals surface area (Å²) in [7, 11) is 1.55. The van der Waals surface area contributed by atoms with Crippen LogP contribution < -0.4 is 15.2 Å². The number of allylic oxidation sites excluding steroid dienone is 1. The summed E-state index contributed by atoms with van der Waals surface area (Å²) in [6, 6.07) is 5.60. The van der Waals surface area contributed by atoms with Crippen molar-refractivity contribution < 1.29 is 9.47 Å². The highest BCUT2D eigenvalue weighted by Gasteiger charge is 2.36. The van der Waals surface area contributed by atoms with Crippen molar-refractivity contribution in [3.63, 3.8) is 0 Å². The largest absolute Gasteiger partial charge is 0.495 e. The average Bonchev–Trinajstić information content (AvgIpc) is 2.86. The fraction of sp³-hybridized carbons (Fsp3) is 0.200. The Kier molecular flexibility index (Phi) is 3.96. The lowest BCUT2D eigenvalue weighted by Crippen LogP contribution is -2.21. The minimum atomic E-state index is -0.479. The summed E-state index contributed by atoms with van der Waals surface area (Å²) >= 11 is 9.63. The number of hydrogen-bond acceptors (Lipinski definition) is 5. The van der Waals surface area contributed by atoms with Crippen molar-refractivity contribution in [3.8, 4) is 17.7 Å². The van der Waals surface area contributed by atoms with E-state index >= 15 is 0 Å². The standard InChI is InChI=1S/C15H12BrClN4O2/c1-6-11-12(8-3-7(17)4-10(16)13(8)22-2)9(5-18)14(19)23-15(11)21-20-6/h3-4,12H,19H2,1-2H3,(H,20,21)/t12-/m0/s1. The van der Waals surface area contributed by atoms with Crippen molar-refractivity contribution in [2.45, 2.75) is 12.8 Å². The summed E-state index contributed by atoms with van der Waals surface area (Å²) < 4.78 is 11.6. The van der Waals surface area contributed by atoms with Crippen molar-refractivity contribution in [3.05, 3.63) is 49.9 Å². The molecule has 0 aliphatic carbocycles. The van der Waals surface area contributed by atoms with Crippen LogP contribution >= 0.6 is 27.5 Å². The molecule has 1 atom stereocenters. The van der Waals surface area contributed by atoms with Crippen LogP contribution in [0.15, 0.2) is 28.1 Å². The number of methoxy groups -OCH3 is 1. The molecule has 2 heterocycles. The molecule has 0 saturated carbocycles. The van der Waals surface area contributed by atoms with Crippen LogP contribution in [0.1, 0.15) is 22.7 Å². The molecule has 6 nitrogen and oxygen atoms in total. The third kappa shape index (κ3) is 2.44. The molecule has 0 radical (unpaired) electrons. The molecule has 2 aromatic rings. The van der Waals surface area contributed by atoms with Crippen molar-refractivity contribution in [2.75, 3.05) is 7.11 Å². The van der Waals surface area contributed by atoms with Crippen LogP contribution in [-0.2, 0) is 0 Å². The van der Waals surface area contributed by atoms with E-state index in [2.05, 4.69) is 32.2 Å². The second-order valence-corrected chi connectivity index (χ2v) is 6.29. The molecular formula is C15H12BrClN4O2. The van der Waals surface area contributed by atoms with Crippen molar-refractivity contribution in [1.29, 1.82) is 5.26 Å². The van der Waals surface area contributed by atoms with E-state index < -0.39 is 5.92 Å². The fourth-order valence-corrected chi connectivity index (χ4v) is 3.72. The third-order valence-corrected chi connectivity index (χ3v) is 4.49. The summed E-state index contributed by atoms with van der Waals surface area (Å²) in [4.78, 5) is 0. The zero-order valence-corrected chi connectivity index (χ0v) is 14.6. The summed E-state index contributed by atoms with van der Waals surface area (Å²) in [5.74, 6) is 0.470. The lowest BCUT2D eigenvalue weighted by Gasteiger charge is -2.25. The van der Waals surface area contributed by atoms with Crippen LogP contribution in [-0.4, -0.2) is 17.3 Å². The first-order chi connectivity index (χ1) is 11.0. The van der Waals surface area contributed by atoms with Gasteiger partial charge >= 0.3 is 0 Å². The summed E-state index contributed by atoms with van der Waals surface area (Å²) in [5.41, 5.74) is 8.42. The number of aromatic nitrogens is 2. The van der Waals surface area contributed by atoms with Gasteiger partial charge in [0.15, 0.2) is 0 Å². The Hall–Kier alpha value is -2.17. The number of fused-ring (bicyclic) bond motifs is 1. The number of ether oxygens (including phenoxy) is 2. The molecule has 1 aromatic heterocycles. The average molecular weight is 396 g/mol. The molecule has 0 fully saturated rings. The Morgan fingerprint density at radius 2 is 2.26 bits per heavy atom. The number of halogens is 2. The molecule has 3 rings (SSSR count). The molecule has 23 heavy (non-hydrogen) atoms. The quantitative estimate of drug-likeness (QED) is 0.812. The highest BCUT2D eigenvalue weighted by Crippen LogP contribution is 2.47. The van der Waals surface area contributed by atoms with E-state index in [1.54, 1.807) is 19.2 Å². The number of aryl methyl sites for hydroxylation is 1. The number of H-pyrrole nitrogens is 1. The monoisotopic (exact) mass is 394 g/mol. The molecule has 0 amide bonds. The summed E-state index contributed by atoms with van der Waals surface area (Å²) in [5, 5.41) is 17.0. The van der Waals surface area contributed by atoms with E-state index in [9.17, 15) is 5.26 Å². The lowest BCUT2D eigenvalue weighted by atomic mass is 9.83. The normalized spacial score (nSPS) is 16.6. The van der Waals surface area contributed by atoms with Crippen molar-refractivity contribution >= 4 is 27.5 Å². The number of benzene rings is 1. The molecule has 8 heteroatoms. The zero-order chi connectivity index (χ0) is 16.7. The molecule has 0 unspecified atom stereocenters. The Morgan fingerprint density at radius 1 is 1.52 bits per heavy atom. The number of aromatic amines is 1. The molecule has 0 saturated heterocycles. The molecule has 1 aliphatic heterocycles. The maximum absolute atomic E-state index is 9.57. The molecule has 0 bridgehead atoms. The van der Waals surface area contributed by atoms with Crippen LogP contribution in [0.3, 0.4) is 0 Å². The summed E-state index contributed by atoms with van der Waals surface area (Å²) in [6.07, 6.45) is 0. The first-order valence-electron chi connectivity index (χ1n) is 6.63. The van der Waals surface area contributed by atoms with Crippen molar-refractivity contribution in [1.82, 2.24) is 10.2 Å². The number of nitriles is 1. The molecule has 1 aliphatic rings. The Balaban J connectivity index is 2.34. The predicted octanol–water partition coefficient (Wildman–Crippen LogP) is 3.36. The fourth-order valence-electron chi connectivity index (χ4n) is 2.72. The minimum Gasteiger partial charge on any atom is -0.495 e. The predicted molar refractivity (Wildman–Crippen MR) is 88.3 cm³/mol. The molecule has 118 valence electrons. The highest BCUT2D eigenvalue weighted by atomic mass is 79.9. The van der Waals surface area contributed by atoms with E-state index in [1.165, 1.54) is 0 Å². The van der Waals surface area contributed by atoms with Gasteiger partial charge in [0.25, 0.3) is 0 Å². The number of nitrogens with one attached hydrogen (secondary N) is 1. The van der Waals surface area contributed by atoms with Gasteiger partial charge in [0.2, 0.25) is 11.8 Å². The number of hydrogen-bond donors (Lipinski definition) is 2. The van der Waals surface area contributed by atoms with Gasteiger partial charge in [0, 0.05) is 21.8 Å². The van der Waals surface area contributed by atoms with Gasteiger partial charge in [0.05, 0.1) is 17.5 Å². The van der Waals surface area contributed by atoms with Gasteiger partial charge in [-0.15, -0.1) is 5.10 Å². The van der Waals surface area contributed by atoms with Gasteiger partial charge < -0.3 is 15.2 Å². The molecule has 3 N–H and O–H groups in total. The van der Waals surface area contributed by atoms with Gasteiger partial charge in [-0.1, -0.05) is 11.6 Å². The van der Waals surface area contributed by atoms with Gasteiger partial charge in [-0.3, -0.25) is 5.10 Å². The van der Waals surface area contributed by atoms with E-state index in [1.807, 2.05) is 6.92 Å². The first kappa shape index (κ1) is 15.7. The maximum Gasteiger partial charge on any atom is 0.244 e. The lowest BCUT2D eigenvalue weighted by molar-refractivity contribution is 0.374. The second-order valence-electron chi connectivity index (χ2n) is 5.00. The van der Waals surface area contributed by atoms with Gasteiger partial charge in [-0.2, -0.15) is 5.26 Å². The zero-order valence-electron chi connectivity index (χ0n) is 12.3. The third-order valence-electron chi connectivity index (χ3n) is 3.68. The number of rotatable bonds is 2. The number of nitrogens with two attached hydrogens (primary N) is 1. The first-order valence-corrected chi connectivity index (χ1v) is 7.80. The van der Waals surface area contributed by atoms with Crippen LogP contribution in [0, 0.1) is 18.3 Å². The summed E-state index contributed by atoms with van der Waals surface area (Å²) in [6.45, 7) is 1.85. The molecule has 0 spiro atoms. The number of nitrogens with zero attached hydrogens (tertiary/aromatic N) is 2. The smallest absolute Gasteiger partial charge is 0.244 e. The Morgan fingerprint density at radius 3 is 2.91 bits per heavy atom. The van der Waals surface area contributed by atoms with Gasteiger partial charge in [0.1, 0.15) is 17.4 Å². The molecular weight excluding hydrogens is 384 g/mol. The van der Waals surface area contributed by atoms with E-state index in [0.29, 0.717) is 26.7 Å². The maximum atomic E-state index is 9.57.